The molecule has 0 aromatic carbocycles. The van der Waals surface area contributed by atoms with Crippen LogP contribution < -0.4 is 0 Å². The fourth-order valence-corrected chi connectivity index (χ4v) is 0.132. The molecule has 0 amide bonds. The molecule has 8 heavy (non-hydrogen) atoms. The van der Waals surface area contributed by atoms with Crippen molar-refractivity contribution in [1.29, 1.82) is 5.26 Å². The molecule has 0 atom stereocenters. The van der Waals surface area contributed by atoms with Crippen LogP contribution in [0, 0.1) is 11.3 Å². The molecule has 5 nitrogen and oxygen atoms in total. The third kappa shape index (κ3) is 1.55. The number of oxime groups is 1. The van der Waals surface area contributed by atoms with Crippen molar-refractivity contribution in [2.45, 2.75) is 6.29 Å². The second kappa shape index (κ2) is 2.96. The third-order valence-corrected chi connectivity index (χ3v) is 0.467. The summed E-state index contributed by atoms with van der Waals surface area (Å²) in [7, 11) is 0. The highest BCUT2D eigenvalue weighted by molar-refractivity contribution is 6.00. The van der Waals surface area contributed by atoms with Crippen LogP contribution in [-0.2, 0) is 0 Å². The van der Waals surface area contributed by atoms with Gasteiger partial charge in [-0.2, -0.15) is 5.26 Å². The Morgan fingerprint density at radius 1 is 1.62 bits per heavy atom. The molecule has 0 aliphatic rings. The Bertz CT molecular complexity index is 134. The van der Waals surface area contributed by atoms with Gasteiger partial charge < -0.3 is 15.4 Å². The van der Waals surface area contributed by atoms with Gasteiger partial charge in [-0.1, -0.05) is 5.16 Å². The second-order valence-electron chi connectivity index (χ2n) is 0.971. The summed E-state index contributed by atoms with van der Waals surface area (Å²) in [5.74, 6) is 0. The molecule has 0 aromatic heterocycles. The van der Waals surface area contributed by atoms with Gasteiger partial charge in [0.2, 0.25) is 12.0 Å². The van der Waals surface area contributed by atoms with Crippen molar-refractivity contribution in [3.05, 3.63) is 0 Å². The number of nitrogens with zero attached hydrogens (tertiary/aromatic N) is 2. The maximum absolute atomic E-state index is 8.05. The lowest BCUT2D eigenvalue weighted by Gasteiger charge is -1.92. The van der Waals surface area contributed by atoms with Crippen LogP contribution in [0.4, 0.5) is 0 Å². The van der Waals surface area contributed by atoms with Crippen molar-refractivity contribution in [3.8, 4) is 6.07 Å². The summed E-state index contributed by atoms with van der Waals surface area (Å²) < 4.78 is 0. The number of hydrogen-bond donors (Lipinski definition) is 3. The first-order valence-electron chi connectivity index (χ1n) is 1.70. The van der Waals surface area contributed by atoms with Gasteiger partial charge in [-0.3, -0.25) is 0 Å². The van der Waals surface area contributed by atoms with E-state index in [1.54, 1.807) is 0 Å². The van der Waals surface area contributed by atoms with Gasteiger partial charge in [0.25, 0.3) is 0 Å². The molecule has 0 bridgehead atoms. The van der Waals surface area contributed by atoms with Crippen molar-refractivity contribution in [2.24, 2.45) is 5.16 Å². The van der Waals surface area contributed by atoms with Gasteiger partial charge in [-0.05, 0) is 0 Å². The molecule has 0 unspecified atom stereocenters. The predicted octanol–water partition coefficient (Wildman–Crippen LogP) is -1.35. The first-order chi connectivity index (χ1) is 3.72. The van der Waals surface area contributed by atoms with Gasteiger partial charge in [0.15, 0.2) is 0 Å². The van der Waals surface area contributed by atoms with Crippen LogP contribution in [-0.4, -0.2) is 27.4 Å². The van der Waals surface area contributed by atoms with E-state index >= 15 is 0 Å². The maximum Gasteiger partial charge on any atom is 0.212 e. The van der Waals surface area contributed by atoms with Gasteiger partial charge >= 0.3 is 0 Å². The first kappa shape index (κ1) is 6.88. The quantitative estimate of drug-likeness (QED) is 0.171. The molecule has 44 valence electrons. The van der Waals surface area contributed by atoms with E-state index in [0.29, 0.717) is 0 Å². The molecule has 3 N–H and O–H groups in total. The highest BCUT2D eigenvalue weighted by atomic mass is 16.5. The fourth-order valence-electron chi connectivity index (χ4n) is 0.132. The Labute approximate surface area is 45.1 Å². The Balaban J connectivity index is 3.98. The van der Waals surface area contributed by atoms with Gasteiger partial charge in [0.05, 0.1) is 0 Å². The monoisotopic (exact) mass is 116 g/mol. The first-order valence-corrected chi connectivity index (χ1v) is 1.70. The largest absolute Gasteiger partial charge is 0.410 e. The Morgan fingerprint density at radius 3 is 2.12 bits per heavy atom. The maximum atomic E-state index is 8.05. The number of rotatable bonds is 1. The number of hydrogen-bond acceptors (Lipinski definition) is 5. The summed E-state index contributed by atoms with van der Waals surface area (Å²) in [6, 6.07) is 1.25. The summed E-state index contributed by atoms with van der Waals surface area (Å²) in [5.41, 5.74) is -0.718. The lowest BCUT2D eigenvalue weighted by molar-refractivity contribution is 0.0185. The highest BCUT2D eigenvalue weighted by Crippen LogP contribution is 1.78. The molecule has 0 aliphatic heterocycles. The van der Waals surface area contributed by atoms with Gasteiger partial charge in [-0.25, -0.2) is 0 Å². The molecular weight excluding hydrogens is 112 g/mol. The lowest BCUT2D eigenvalue weighted by Crippen LogP contribution is -2.17. The zero-order valence-corrected chi connectivity index (χ0v) is 3.81. The zero-order chi connectivity index (χ0) is 6.57. The fraction of sp³-hybridized carbons (Fsp3) is 0.333. The van der Waals surface area contributed by atoms with Crippen molar-refractivity contribution in [3.63, 3.8) is 0 Å². The van der Waals surface area contributed by atoms with E-state index in [9.17, 15) is 0 Å². The lowest BCUT2D eigenvalue weighted by atomic mass is 10.4. The van der Waals surface area contributed by atoms with Crippen LogP contribution in [0.1, 0.15) is 0 Å². The van der Waals surface area contributed by atoms with E-state index in [2.05, 4.69) is 5.16 Å². The minimum absolute atomic E-state index is 0.718. The number of aliphatic hydroxyl groups excluding tert-OH is 1. The smallest absolute Gasteiger partial charge is 0.212 e. The van der Waals surface area contributed by atoms with Crippen LogP contribution in [0.2, 0.25) is 0 Å². The summed E-state index contributed by atoms with van der Waals surface area (Å²) in [6.07, 6.45) is -1.98. The summed E-state index contributed by atoms with van der Waals surface area (Å²) >= 11 is 0. The molecule has 0 radical (unpaired) electrons. The van der Waals surface area contributed by atoms with E-state index in [1.165, 1.54) is 6.07 Å². The van der Waals surface area contributed by atoms with Gasteiger partial charge in [-0.15, -0.1) is 0 Å². The summed E-state index contributed by atoms with van der Waals surface area (Å²) in [4.78, 5) is 0. The van der Waals surface area contributed by atoms with Crippen LogP contribution in [0.15, 0.2) is 5.16 Å². The Kier molecular flexibility index (Phi) is 2.54. The second-order valence-corrected chi connectivity index (χ2v) is 0.971. The van der Waals surface area contributed by atoms with Crippen LogP contribution in [0.5, 0.6) is 0 Å². The minimum Gasteiger partial charge on any atom is -0.410 e. The number of aliphatic hydroxyl groups is 2. The summed E-state index contributed by atoms with van der Waals surface area (Å²) in [5, 5.41) is 33.9. The van der Waals surface area contributed by atoms with E-state index in [0.717, 1.165) is 0 Å². The standard InChI is InChI=1S/C3H4N2O3/c4-1-2(5-8)3(6)7/h3,6-8H/b5-2-. The average Bonchev–Trinajstić information content (AvgIpc) is 1.69. The zero-order valence-electron chi connectivity index (χ0n) is 3.81. The Morgan fingerprint density at radius 2 is 2.12 bits per heavy atom. The Hall–Kier alpha value is -1.12. The van der Waals surface area contributed by atoms with Gasteiger partial charge in [0, 0.05) is 0 Å². The van der Waals surface area contributed by atoms with Crippen LogP contribution in [0.3, 0.4) is 0 Å². The van der Waals surface area contributed by atoms with Crippen molar-refractivity contribution >= 4 is 5.71 Å². The molecule has 0 saturated heterocycles. The molecule has 0 spiro atoms. The third-order valence-electron chi connectivity index (χ3n) is 0.467. The molecule has 0 saturated carbocycles. The summed E-state index contributed by atoms with van der Waals surface area (Å²) in [6.45, 7) is 0. The minimum atomic E-state index is -1.98. The molecule has 0 fully saturated rings. The van der Waals surface area contributed by atoms with Crippen molar-refractivity contribution in [2.75, 3.05) is 0 Å². The predicted molar refractivity (Wildman–Crippen MR) is 23.1 cm³/mol. The van der Waals surface area contributed by atoms with E-state index in [-0.39, 0.29) is 0 Å². The molecule has 0 rings (SSSR count). The highest BCUT2D eigenvalue weighted by Gasteiger charge is 2.05. The topological polar surface area (TPSA) is 96.8 Å². The molecule has 0 heterocycles. The molecule has 5 heteroatoms. The van der Waals surface area contributed by atoms with Crippen LogP contribution in [0.25, 0.3) is 0 Å². The average molecular weight is 116 g/mol. The SMILES string of the molecule is N#C/C(=N/O)C(O)O. The normalized spacial score (nSPS) is 11.5. The molecular formula is C3H4N2O3. The van der Waals surface area contributed by atoms with Gasteiger partial charge in [0.1, 0.15) is 6.07 Å². The van der Waals surface area contributed by atoms with Crippen molar-refractivity contribution in [1.82, 2.24) is 0 Å². The van der Waals surface area contributed by atoms with Crippen LogP contribution >= 0.6 is 0 Å². The van der Waals surface area contributed by atoms with E-state index in [1.807, 2.05) is 0 Å². The van der Waals surface area contributed by atoms with Crippen molar-refractivity contribution < 1.29 is 15.4 Å². The van der Waals surface area contributed by atoms with E-state index < -0.39 is 12.0 Å². The molecule has 0 aliphatic carbocycles. The molecule has 0 aromatic rings. The number of nitriles is 1. The van der Waals surface area contributed by atoms with E-state index in [4.69, 9.17) is 20.7 Å².